The van der Waals surface area contributed by atoms with E-state index < -0.39 is 17.7 Å². The number of nitrogens with one attached hydrogen (secondary N) is 1. The third kappa shape index (κ3) is 8.98. The summed E-state index contributed by atoms with van der Waals surface area (Å²) in [6.07, 6.45) is 0.427. The van der Waals surface area contributed by atoms with Gasteiger partial charge in [0, 0.05) is 13.0 Å². The molecule has 0 aliphatic rings. The number of alkyl carbamates (subject to hydrolysis) is 1. The number of rotatable bonds is 8. The van der Waals surface area contributed by atoms with Crippen LogP contribution in [0.4, 0.5) is 4.79 Å². The number of hydrogen-bond donors (Lipinski definition) is 1. The standard InChI is InChI=1S/C18H27NO4/c1-14(19-17(21)23-18(2,3)4)16(20)11-8-12-22-13-15-9-6-5-7-10-15/h5-7,9-10,14H,8,11-13H2,1-4H3,(H,19,21). The van der Waals surface area contributed by atoms with E-state index in [1.54, 1.807) is 27.7 Å². The molecule has 23 heavy (non-hydrogen) atoms. The van der Waals surface area contributed by atoms with Crippen molar-refractivity contribution in [2.24, 2.45) is 0 Å². The Morgan fingerprint density at radius 1 is 1.17 bits per heavy atom. The van der Waals surface area contributed by atoms with Crippen molar-refractivity contribution < 1.29 is 19.1 Å². The topological polar surface area (TPSA) is 64.6 Å². The van der Waals surface area contributed by atoms with Gasteiger partial charge >= 0.3 is 6.09 Å². The summed E-state index contributed by atoms with van der Waals surface area (Å²) in [5.41, 5.74) is 0.539. The molecule has 5 nitrogen and oxygen atoms in total. The summed E-state index contributed by atoms with van der Waals surface area (Å²) >= 11 is 0. The average molecular weight is 321 g/mol. The average Bonchev–Trinajstić information content (AvgIpc) is 2.45. The summed E-state index contributed by atoms with van der Waals surface area (Å²) in [6.45, 7) is 8.06. The van der Waals surface area contributed by atoms with Gasteiger partial charge in [-0.1, -0.05) is 30.3 Å². The summed E-state index contributed by atoms with van der Waals surface area (Å²) in [5.74, 6) is -0.0285. The summed E-state index contributed by atoms with van der Waals surface area (Å²) in [5, 5.41) is 2.55. The van der Waals surface area contributed by atoms with Gasteiger partial charge in [0.05, 0.1) is 12.6 Å². The predicted molar refractivity (Wildman–Crippen MR) is 89.2 cm³/mol. The maximum absolute atomic E-state index is 12.0. The maximum atomic E-state index is 12.0. The molecule has 1 atom stereocenters. The predicted octanol–water partition coefficient (Wildman–Crippen LogP) is 3.47. The fraction of sp³-hybridized carbons (Fsp3) is 0.556. The van der Waals surface area contributed by atoms with Crippen molar-refractivity contribution >= 4 is 11.9 Å². The number of carbonyl (C=O) groups excluding carboxylic acids is 2. The number of hydrogen-bond acceptors (Lipinski definition) is 4. The first-order valence-electron chi connectivity index (χ1n) is 7.92. The second kappa shape index (κ2) is 9.30. The Bertz CT molecular complexity index is 493. The van der Waals surface area contributed by atoms with E-state index in [1.807, 2.05) is 30.3 Å². The van der Waals surface area contributed by atoms with Crippen molar-refractivity contribution in [2.45, 2.75) is 58.8 Å². The molecular formula is C18H27NO4. The van der Waals surface area contributed by atoms with Crippen molar-refractivity contribution in [1.29, 1.82) is 0 Å². The Balaban J connectivity index is 2.16. The molecule has 1 unspecified atom stereocenters. The van der Waals surface area contributed by atoms with Gasteiger partial charge in [-0.25, -0.2) is 4.79 Å². The lowest BCUT2D eigenvalue weighted by Gasteiger charge is -2.21. The van der Waals surface area contributed by atoms with Crippen molar-refractivity contribution in [2.75, 3.05) is 6.61 Å². The molecule has 0 aliphatic carbocycles. The minimum absolute atomic E-state index is 0.0285. The molecule has 0 saturated carbocycles. The molecule has 1 rings (SSSR count). The van der Waals surface area contributed by atoms with E-state index in [1.165, 1.54) is 0 Å². The fourth-order valence-electron chi connectivity index (χ4n) is 1.89. The van der Waals surface area contributed by atoms with Crippen LogP contribution in [-0.4, -0.2) is 30.1 Å². The van der Waals surface area contributed by atoms with Gasteiger partial charge in [-0.3, -0.25) is 4.79 Å². The molecule has 0 heterocycles. The van der Waals surface area contributed by atoms with Gasteiger partial charge < -0.3 is 14.8 Å². The second-order valence-electron chi connectivity index (χ2n) is 6.48. The Kier molecular flexibility index (Phi) is 7.75. The lowest BCUT2D eigenvalue weighted by atomic mass is 10.1. The molecule has 1 aromatic rings. The fourth-order valence-corrected chi connectivity index (χ4v) is 1.89. The van der Waals surface area contributed by atoms with Crippen LogP contribution < -0.4 is 5.32 Å². The van der Waals surface area contributed by atoms with E-state index in [0.717, 1.165) is 5.56 Å². The van der Waals surface area contributed by atoms with Gasteiger partial charge in [0.2, 0.25) is 0 Å². The highest BCUT2D eigenvalue weighted by atomic mass is 16.6. The molecule has 128 valence electrons. The molecule has 0 aromatic heterocycles. The van der Waals surface area contributed by atoms with Crippen LogP contribution in [0.2, 0.25) is 0 Å². The molecule has 0 spiro atoms. The van der Waals surface area contributed by atoms with Crippen LogP contribution in [-0.2, 0) is 20.9 Å². The first-order chi connectivity index (χ1) is 10.8. The number of ether oxygens (including phenoxy) is 2. The molecule has 0 saturated heterocycles. The summed E-state index contributed by atoms with van der Waals surface area (Å²) in [7, 11) is 0. The molecule has 0 bridgehead atoms. The minimum atomic E-state index is -0.571. The van der Waals surface area contributed by atoms with E-state index in [9.17, 15) is 9.59 Å². The minimum Gasteiger partial charge on any atom is -0.444 e. The molecule has 0 fully saturated rings. The van der Waals surface area contributed by atoms with Crippen molar-refractivity contribution in [3.05, 3.63) is 35.9 Å². The summed E-state index contributed by atoms with van der Waals surface area (Å²) in [6, 6.07) is 9.33. The zero-order chi connectivity index (χ0) is 17.3. The molecule has 0 aliphatic heterocycles. The maximum Gasteiger partial charge on any atom is 0.408 e. The Morgan fingerprint density at radius 3 is 2.43 bits per heavy atom. The summed E-state index contributed by atoms with van der Waals surface area (Å²) < 4.78 is 10.7. The third-order valence-corrected chi connectivity index (χ3v) is 3.04. The van der Waals surface area contributed by atoms with Crippen LogP contribution in [0.1, 0.15) is 46.1 Å². The van der Waals surface area contributed by atoms with Crippen LogP contribution in [0.25, 0.3) is 0 Å². The lowest BCUT2D eigenvalue weighted by Crippen LogP contribution is -2.41. The highest BCUT2D eigenvalue weighted by molar-refractivity contribution is 5.86. The number of carbonyl (C=O) groups is 2. The van der Waals surface area contributed by atoms with E-state index in [-0.39, 0.29) is 5.78 Å². The Morgan fingerprint density at radius 2 is 1.83 bits per heavy atom. The largest absolute Gasteiger partial charge is 0.444 e. The Hall–Kier alpha value is -1.88. The number of Topliss-reactive ketones (excluding diaryl/α,β-unsaturated/α-hetero) is 1. The Labute approximate surface area is 138 Å². The van der Waals surface area contributed by atoms with Crippen LogP contribution >= 0.6 is 0 Å². The number of amides is 1. The van der Waals surface area contributed by atoms with Gasteiger partial charge in [-0.05, 0) is 39.7 Å². The smallest absolute Gasteiger partial charge is 0.408 e. The van der Waals surface area contributed by atoms with Crippen LogP contribution in [0.15, 0.2) is 30.3 Å². The van der Waals surface area contributed by atoms with Crippen molar-refractivity contribution in [1.82, 2.24) is 5.32 Å². The molecule has 1 aromatic carbocycles. The highest BCUT2D eigenvalue weighted by Gasteiger charge is 2.20. The molecule has 0 radical (unpaired) electrons. The van der Waals surface area contributed by atoms with Gasteiger partial charge in [-0.2, -0.15) is 0 Å². The van der Waals surface area contributed by atoms with Gasteiger partial charge in [0.25, 0.3) is 0 Å². The van der Waals surface area contributed by atoms with Crippen molar-refractivity contribution in [3.8, 4) is 0 Å². The van der Waals surface area contributed by atoms with E-state index in [4.69, 9.17) is 9.47 Å². The van der Waals surface area contributed by atoms with Gasteiger partial charge in [0.15, 0.2) is 5.78 Å². The molecule has 1 N–H and O–H groups in total. The zero-order valence-corrected chi connectivity index (χ0v) is 14.4. The van der Waals surface area contributed by atoms with Crippen LogP contribution in [0.5, 0.6) is 0 Å². The van der Waals surface area contributed by atoms with Crippen molar-refractivity contribution in [3.63, 3.8) is 0 Å². The first-order valence-corrected chi connectivity index (χ1v) is 7.92. The van der Waals surface area contributed by atoms with Gasteiger partial charge in [0.1, 0.15) is 5.60 Å². The molecular weight excluding hydrogens is 294 g/mol. The summed E-state index contributed by atoms with van der Waals surface area (Å²) in [4.78, 5) is 23.5. The van der Waals surface area contributed by atoms with E-state index in [0.29, 0.717) is 26.1 Å². The zero-order valence-electron chi connectivity index (χ0n) is 14.4. The molecule has 1 amide bonds. The second-order valence-corrected chi connectivity index (χ2v) is 6.48. The van der Waals surface area contributed by atoms with E-state index >= 15 is 0 Å². The lowest BCUT2D eigenvalue weighted by molar-refractivity contribution is -0.121. The molecule has 5 heteroatoms. The van der Waals surface area contributed by atoms with E-state index in [2.05, 4.69) is 5.32 Å². The number of ketones is 1. The van der Waals surface area contributed by atoms with Gasteiger partial charge in [-0.15, -0.1) is 0 Å². The first kappa shape index (κ1) is 19.2. The normalized spacial score (nSPS) is 12.5. The quantitative estimate of drug-likeness (QED) is 0.745. The third-order valence-electron chi connectivity index (χ3n) is 3.04. The van der Waals surface area contributed by atoms with Crippen LogP contribution in [0.3, 0.4) is 0 Å². The number of benzene rings is 1. The van der Waals surface area contributed by atoms with Crippen LogP contribution in [0, 0.1) is 0 Å². The highest BCUT2D eigenvalue weighted by Crippen LogP contribution is 2.07. The SMILES string of the molecule is CC(NC(=O)OC(C)(C)C)C(=O)CCCOCc1ccccc1. The monoisotopic (exact) mass is 321 g/mol.